The third kappa shape index (κ3) is 3.65. The Morgan fingerprint density at radius 1 is 1.12 bits per heavy atom. The van der Waals surface area contributed by atoms with Crippen LogP contribution in [0.3, 0.4) is 0 Å². The van der Waals surface area contributed by atoms with Crippen LogP contribution in [0, 0.1) is 0 Å². The number of rotatable bonds is 4. The molecule has 0 bridgehead atoms. The molecule has 0 spiro atoms. The van der Waals surface area contributed by atoms with Gasteiger partial charge in [-0.3, -0.25) is 19.3 Å². The van der Waals surface area contributed by atoms with E-state index in [0.29, 0.717) is 11.1 Å². The minimum atomic E-state index is -3.41. The van der Waals surface area contributed by atoms with Gasteiger partial charge in [0.2, 0.25) is 11.8 Å². The van der Waals surface area contributed by atoms with Crippen LogP contribution in [0.25, 0.3) is 0 Å². The Morgan fingerprint density at radius 3 is 2.58 bits per heavy atom. The number of fused-ring (bicyclic) bond motifs is 1. The molecule has 0 fully saturated rings. The molecule has 8 heteroatoms. The van der Waals surface area contributed by atoms with Gasteiger partial charge in [0, 0.05) is 17.5 Å². The Kier molecular flexibility index (Phi) is 4.60. The fraction of sp³-hybridized carbons (Fsp3) is 0.167. The van der Waals surface area contributed by atoms with Crippen LogP contribution in [0.15, 0.2) is 53.4 Å². The van der Waals surface area contributed by atoms with Crippen LogP contribution in [-0.4, -0.2) is 43.8 Å². The van der Waals surface area contributed by atoms with Crippen LogP contribution in [-0.2, 0) is 25.8 Å². The molecule has 0 radical (unpaired) electrons. The number of hydrogen-bond acceptors (Lipinski definition) is 5. The first-order valence-electron chi connectivity index (χ1n) is 7.78. The molecule has 3 rings (SSSR count). The van der Waals surface area contributed by atoms with Crippen LogP contribution in [0.5, 0.6) is 0 Å². The molecular weight excluding hydrogens is 356 g/mol. The predicted octanol–water partition coefficient (Wildman–Crippen LogP) is 1.25. The van der Waals surface area contributed by atoms with Gasteiger partial charge in [-0.2, -0.15) is 0 Å². The summed E-state index contributed by atoms with van der Waals surface area (Å²) in [5, 5.41) is 2.52. The van der Waals surface area contributed by atoms with Gasteiger partial charge in [-0.05, 0) is 29.8 Å². The van der Waals surface area contributed by atoms with Crippen molar-refractivity contribution in [2.24, 2.45) is 0 Å². The summed E-state index contributed by atoms with van der Waals surface area (Å²) in [6.07, 6.45) is 1.12. The highest BCUT2D eigenvalue weighted by Gasteiger charge is 2.31. The minimum Gasteiger partial charge on any atom is -0.324 e. The number of benzene rings is 2. The fourth-order valence-corrected chi connectivity index (χ4v) is 3.38. The molecule has 1 aliphatic heterocycles. The third-order valence-electron chi connectivity index (χ3n) is 3.98. The second-order valence-corrected chi connectivity index (χ2v) is 7.98. The van der Waals surface area contributed by atoms with Crippen molar-refractivity contribution in [1.29, 1.82) is 0 Å². The molecule has 0 unspecified atom stereocenters. The van der Waals surface area contributed by atoms with Crippen LogP contribution >= 0.6 is 0 Å². The molecule has 0 aliphatic carbocycles. The van der Waals surface area contributed by atoms with E-state index in [1.165, 1.54) is 24.3 Å². The van der Waals surface area contributed by atoms with Crippen molar-refractivity contribution in [2.45, 2.75) is 11.3 Å². The number of amides is 3. The van der Waals surface area contributed by atoms with Gasteiger partial charge in [0.1, 0.15) is 6.54 Å². The summed E-state index contributed by atoms with van der Waals surface area (Å²) >= 11 is 0. The molecule has 7 nitrogen and oxygen atoms in total. The Balaban J connectivity index is 1.75. The van der Waals surface area contributed by atoms with E-state index in [0.717, 1.165) is 11.2 Å². The highest BCUT2D eigenvalue weighted by Crippen LogP contribution is 2.20. The molecule has 3 amide bonds. The average molecular weight is 372 g/mol. The first-order chi connectivity index (χ1) is 12.3. The lowest BCUT2D eigenvalue weighted by molar-refractivity contribution is -0.131. The first-order valence-corrected chi connectivity index (χ1v) is 9.67. The molecule has 134 valence electrons. The number of nitrogens with one attached hydrogen (secondary N) is 1. The lowest BCUT2D eigenvalue weighted by Crippen LogP contribution is -2.46. The molecule has 0 atom stereocenters. The Hall–Kier alpha value is -3.00. The largest absolute Gasteiger partial charge is 0.324 e. The number of carbonyl (C=O) groups excluding carboxylic acids is 3. The monoisotopic (exact) mass is 372 g/mol. The highest BCUT2D eigenvalue weighted by molar-refractivity contribution is 7.90. The molecule has 1 aliphatic rings. The summed E-state index contributed by atoms with van der Waals surface area (Å²) in [5.41, 5.74) is 1.31. The molecule has 0 saturated carbocycles. The smallest absolute Gasteiger partial charge is 0.261 e. The lowest BCUT2D eigenvalue weighted by Gasteiger charge is -2.26. The zero-order valence-electron chi connectivity index (χ0n) is 13.9. The maximum atomic E-state index is 12.4. The molecule has 1 N–H and O–H groups in total. The van der Waals surface area contributed by atoms with E-state index in [2.05, 4.69) is 5.32 Å². The van der Waals surface area contributed by atoms with Crippen LogP contribution in [0.4, 0.5) is 5.69 Å². The zero-order chi connectivity index (χ0) is 18.9. The van der Waals surface area contributed by atoms with Gasteiger partial charge in [-0.15, -0.1) is 0 Å². The predicted molar refractivity (Wildman–Crippen MR) is 94.4 cm³/mol. The van der Waals surface area contributed by atoms with Gasteiger partial charge in [0.15, 0.2) is 9.84 Å². The van der Waals surface area contributed by atoms with E-state index >= 15 is 0 Å². The average Bonchev–Trinajstić information content (AvgIpc) is 2.58. The van der Waals surface area contributed by atoms with Gasteiger partial charge < -0.3 is 5.32 Å². The van der Waals surface area contributed by atoms with Crippen molar-refractivity contribution in [2.75, 3.05) is 18.1 Å². The van der Waals surface area contributed by atoms with Crippen molar-refractivity contribution in [3.8, 4) is 0 Å². The van der Waals surface area contributed by atoms with E-state index in [1.807, 2.05) is 0 Å². The number of nitrogens with zero attached hydrogens (tertiary/aromatic N) is 1. The van der Waals surface area contributed by atoms with Gasteiger partial charge in [-0.1, -0.05) is 24.3 Å². The van der Waals surface area contributed by atoms with E-state index in [-0.39, 0.29) is 17.0 Å². The zero-order valence-corrected chi connectivity index (χ0v) is 14.7. The molecule has 2 aromatic carbocycles. The van der Waals surface area contributed by atoms with Gasteiger partial charge in [0.05, 0.1) is 11.3 Å². The molecule has 0 saturated heterocycles. The number of anilines is 1. The summed E-state index contributed by atoms with van der Waals surface area (Å²) in [6, 6.07) is 12.5. The second kappa shape index (κ2) is 6.72. The van der Waals surface area contributed by atoms with Crippen molar-refractivity contribution in [3.63, 3.8) is 0 Å². The molecular formula is C18H16N2O5S. The Bertz CT molecular complexity index is 1010. The van der Waals surface area contributed by atoms with Crippen molar-refractivity contribution >= 4 is 33.2 Å². The summed E-state index contributed by atoms with van der Waals surface area (Å²) in [5.74, 6) is -1.55. The summed E-state index contributed by atoms with van der Waals surface area (Å²) in [6.45, 7) is -0.435. The van der Waals surface area contributed by atoms with E-state index in [1.54, 1.807) is 24.3 Å². The van der Waals surface area contributed by atoms with E-state index in [9.17, 15) is 22.8 Å². The second-order valence-electron chi connectivity index (χ2n) is 5.97. The minimum absolute atomic E-state index is 0.0543. The first kappa shape index (κ1) is 17.8. The van der Waals surface area contributed by atoms with Gasteiger partial charge >= 0.3 is 0 Å². The number of imide groups is 1. The van der Waals surface area contributed by atoms with Crippen molar-refractivity contribution < 1.29 is 22.8 Å². The highest BCUT2D eigenvalue weighted by atomic mass is 32.2. The summed E-state index contributed by atoms with van der Waals surface area (Å²) in [7, 11) is -3.41. The molecule has 0 aromatic heterocycles. The molecule has 1 heterocycles. The lowest BCUT2D eigenvalue weighted by atomic mass is 9.98. The van der Waals surface area contributed by atoms with Crippen molar-refractivity contribution in [3.05, 3.63) is 59.7 Å². The summed E-state index contributed by atoms with van der Waals surface area (Å²) in [4.78, 5) is 37.8. The maximum Gasteiger partial charge on any atom is 0.261 e. The SMILES string of the molecule is CS(=O)(=O)c1cccc(NC(=O)CN2C(=O)Cc3ccccc3C2=O)c1. The standard InChI is InChI=1S/C18H16N2O5S/c1-26(24,25)14-7-4-6-13(10-14)19-16(21)11-20-17(22)9-12-5-2-3-8-15(12)18(20)23/h2-8,10H,9,11H2,1H3,(H,19,21). The molecule has 26 heavy (non-hydrogen) atoms. The topological polar surface area (TPSA) is 101 Å². The maximum absolute atomic E-state index is 12.4. The van der Waals surface area contributed by atoms with Crippen LogP contribution in [0.2, 0.25) is 0 Å². The van der Waals surface area contributed by atoms with E-state index in [4.69, 9.17) is 0 Å². The quantitative estimate of drug-likeness (QED) is 0.814. The Labute approximate surface area is 150 Å². The van der Waals surface area contributed by atoms with Crippen LogP contribution < -0.4 is 5.32 Å². The van der Waals surface area contributed by atoms with E-state index < -0.39 is 34.1 Å². The van der Waals surface area contributed by atoms with Crippen LogP contribution in [0.1, 0.15) is 15.9 Å². The normalized spacial score (nSPS) is 14.1. The van der Waals surface area contributed by atoms with Crippen molar-refractivity contribution in [1.82, 2.24) is 4.90 Å². The van der Waals surface area contributed by atoms with Gasteiger partial charge in [0.25, 0.3) is 5.91 Å². The molecule has 2 aromatic rings. The summed E-state index contributed by atoms with van der Waals surface area (Å²) < 4.78 is 23.2. The number of carbonyl (C=O) groups is 3. The number of hydrogen-bond donors (Lipinski definition) is 1. The number of sulfone groups is 1. The fourth-order valence-electron chi connectivity index (χ4n) is 2.71. The third-order valence-corrected chi connectivity index (χ3v) is 5.09. The Morgan fingerprint density at radius 2 is 1.85 bits per heavy atom. The van der Waals surface area contributed by atoms with Gasteiger partial charge in [-0.25, -0.2) is 8.42 Å².